The van der Waals surface area contributed by atoms with Gasteiger partial charge in [0, 0.05) is 12.1 Å². The van der Waals surface area contributed by atoms with Gasteiger partial charge in [0.25, 0.3) is 10.0 Å². The first kappa shape index (κ1) is 16.3. The lowest BCUT2D eigenvalue weighted by Crippen LogP contribution is -2.30. The van der Waals surface area contributed by atoms with Crippen LogP contribution < -0.4 is 10.6 Å². The topological polar surface area (TPSA) is 111 Å². The van der Waals surface area contributed by atoms with Crippen LogP contribution in [0.25, 0.3) is 0 Å². The maximum Gasteiger partial charge on any atom is 0.404 e. The highest BCUT2D eigenvalue weighted by molar-refractivity contribution is 7.89. The molecule has 1 aliphatic carbocycles. The Balaban J connectivity index is 2.03. The number of carbonyl (C=O) groups excluding carboxylic acids is 1. The third-order valence-corrected chi connectivity index (χ3v) is 4.62. The SMILES string of the molecule is Cc1ccc(S(=O)(=O)N/N=C2\CCCC(OC(N)=O)C2)cc1. The van der Waals surface area contributed by atoms with Crippen LogP contribution in [0.5, 0.6) is 0 Å². The largest absolute Gasteiger partial charge is 0.446 e. The lowest BCUT2D eigenvalue weighted by atomic mass is 9.96. The fraction of sp³-hybridized carbons (Fsp3) is 0.429. The number of hydrogen-bond acceptors (Lipinski definition) is 5. The van der Waals surface area contributed by atoms with Crippen molar-refractivity contribution in [3.63, 3.8) is 0 Å². The first-order valence-electron chi connectivity index (χ1n) is 6.97. The van der Waals surface area contributed by atoms with Crippen LogP contribution in [0, 0.1) is 6.92 Å². The smallest absolute Gasteiger partial charge is 0.404 e. The molecule has 0 aliphatic heterocycles. The van der Waals surface area contributed by atoms with Gasteiger partial charge in [-0.05, 0) is 38.3 Å². The summed E-state index contributed by atoms with van der Waals surface area (Å²) in [6, 6.07) is 6.49. The minimum Gasteiger partial charge on any atom is -0.446 e. The first-order valence-corrected chi connectivity index (χ1v) is 8.45. The van der Waals surface area contributed by atoms with Gasteiger partial charge in [0.2, 0.25) is 0 Å². The maximum atomic E-state index is 12.1. The number of nitrogens with two attached hydrogens (primary N) is 1. The van der Waals surface area contributed by atoms with E-state index in [0.29, 0.717) is 25.0 Å². The zero-order chi connectivity index (χ0) is 16.2. The molecule has 1 saturated carbocycles. The van der Waals surface area contributed by atoms with Crippen molar-refractivity contribution in [3.8, 4) is 0 Å². The van der Waals surface area contributed by atoms with Gasteiger partial charge in [0.15, 0.2) is 0 Å². The molecule has 0 spiro atoms. The lowest BCUT2D eigenvalue weighted by molar-refractivity contribution is 0.100. The van der Waals surface area contributed by atoms with Crippen molar-refractivity contribution in [3.05, 3.63) is 29.8 Å². The number of amides is 1. The molecule has 1 aliphatic rings. The fourth-order valence-electron chi connectivity index (χ4n) is 2.26. The second-order valence-corrected chi connectivity index (χ2v) is 6.90. The van der Waals surface area contributed by atoms with Crippen molar-refractivity contribution in [2.45, 2.75) is 43.6 Å². The van der Waals surface area contributed by atoms with Crippen LogP contribution >= 0.6 is 0 Å². The third-order valence-electron chi connectivity index (χ3n) is 3.39. The molecular weight excluding hydrogens is 306 g/mol. The van der Waals surface area contributed by atoms with Crippen LogP contribution in [-0.4, -0.2) is 26.3 Å². The van der Waals surface area contributed by atoms with E-state index in [-0.39, 0.29) is 11.0 Å². The number of ether oxygens (including phenoxy) is 1. The molecular formula is C14H19N3O4S. The number of aryl methyl sites for hydroxylation is 1. The number of hydrogen-bond donors (Lipinski definition) is 2. The number of rotatable bonds is 4. The molecule has 0 aromatic heterocycles. The Hall–Kier alpha value is -2.09. The lowest BCUT2D eigenvalue weighted by Gasteiger charge is -2.22. The van der Waals surface area contributed by atoms with Crippen molar-refractivity contribution in [2.24, 2.45) is 10.8 Å². The van der Waals surface area contributed by atoms with Gasteiger partial charge in [-0.15, -0.1) is 0 Å². The van der Waals surface area contributed by atoms with E-state index in [2.05, 4.69) is 9.93 Å². The van der Waals surface area contributed by atoms with Gasteiger partial charge in [-0.25, -0.2) is 9.63 Å². The van der Waals surface area contributed by atoms with Gasteiger partial charge in [-0.2, -0.15) is 13.5 Å². The van der Waals surface area contributed by atoms with Crippen LogP contribution in [0.2, 0.25) is 0 Å². The highest BCUT2D eigenvalue weighted by Crippen LogP contribution is 2.19. The summed E-state index contributed by atoms with van der Waals surface area (Å²) < 4.78 is 29.2. The highest BCUT2D eigenvalue weighted by atomic mass is 32.2. The van der Waals surface area contributed by atoms with E-state index in [9.17, 15) is 13.2 Å². The van der Waals surface area contributed by atoms with Crippen molar-refractivity contribution >= 4 is 21.8 Å². The summed E-state index contributed by atoms with van der Waals surface area (Å²) in [6.07, 6.45) is 1.35. The predicted molar refractivity (Wildman–Crippen MR) is 81.9 cm³/mol. The molecule has 1 unspecified atom stereocenters. The molecule has 0 heterocycles. The standard InChI is InChI=1S/C14H19N3O4S/c1-10-5-7-13(8-6-10)22(19,20)17-16-11-3-2-4-12(9-11)21-14(15)18/h5-8,12,17H,2-4,9H2,1H3,(H2,15,18)/b16-11+. The Bertz CT molecular complexity index is 668. The van der Waals surface area contributed by atoms with E-state index in [1.54, 1.807) is 12.1 Å². The van der Waals surface area contributed by atoms with Crippen molar-refractivity contribution in [1.82, 2.24) is 4.83 Å². The molecule has 1 aromatic carbocycles. The molecule has 1 amide bonds. The molecule has 0 radical (unpaired) electrons. The number of primary amides is 1. The molecule has 1 aromatic rings. The molecule has 3 N–H and O–H groups in total. The average Bonchev–Trinajstić information content (AvgIpc) is 2.45. The van der Waals surface area contributed by atoms with E-state index in [1.807, 2.05) is 6.92 Å². The number of hydrazone groups is 1. The molecule has 1 atom stereocenters. The predicted octanol–water partition coefficient (Wildman–Crippen LogP) is 1.67. The number of nitrogens with zero attached hydrogens (tertiary/aromatic N) is 1. The van der Waals surface area contributed by atoms with Crippen LogP contribution in [0.3, 0.4) is 0 Å². The Morgan fingerprint density at radius 2 is 2.05 bits per heavy atom. The van der Waals surface area contributed by atoms with Gasteiger partial charge < -0.3 is 10.5 Å². The zero-order valence-electron chi connectivity index (χ0n) is 12.3. The molecule has 120 valence electrons. The minimum atomic E-state index is -3.69. The number of benzene rings is 1. The van der Waals surface area contributed by atoms with Crippen molar-refractivity contribution in [1.29, 1.82) is 0 Å². The van der Waals surface area contributed by atoms with Gasteiger partial charge in [0.05, 0.1) is 4.90 Å². The Morgan fingerprint density at radius 3 is 2.68 bits per heavy atom. The normalized spacial score (nSPS) is 20.6. The maximum absolute atomic E-state index is 12.1. The van der Waals surface area contributed by atoms with Gasteiger partial charge >= 0.3 is 6.09 Å². The van der Waals surface area contributed by atoms with Crippen molar-refractivity contribution < 1.29 is 17.9 Å². The van der Waals surface area contributed by atoms with Crippen molar-refractivity contribution in [2.75, 3.05) is 0 Å². The van der Waals surface area contributed by atoms with Crippen LogP contribution in [-0.2, 0) is 14.8 Å². The van der Waals surface area contributed by atoms with Gasteiger partial charge in [0.1, 0.15) is 6.10 Å². The van der Waals surface area contributed by atoms with Crippen LogP contribution in [0.4, 0.5) is 4.79 Å². The van der Waals surface area contributed by atoms with E-state index >= 15 is 0 Å². The molecule has 1 fully saturated rings. The second kappa shape index (κ2) is 6.78. The summed E-state index contributed by atoms with van der Waals surface area (Å²) in [5, 5.41) is 3.96. The quantitative estimate of drug-likeness (QED) is 0.820. The Kier molecular flexibility index (Phi) is 5.02. The summed E-state index contributed by atoms with van der Waals surface area (Å²) in [6.45, 7) is 1.88. The number of sulfonamides is 1. The van der Waals surface area contributed by atoms with E-state index in [4.69, 9.17) is 10.5 Å². The molecule has 8 heteroatoms. The zero-order valence-corrected chi connectivity index (χ0v) is 13.1. The average molecular weight is 325 g/mol. The molecule has 0 saturated heterocycles. The summed E-state index contributed by atoms with van der Waals surface area (Å²) >= 11 is 0. The third kappa shape index (κ3) is 4.45. The van der Waals surface area contributed by atoms with Crippen LogP contribution in [0.15, 0.2) is 34.3 Å². The van der Waals surface area contributed by atoms with E-state index in [0.717, 1.165) is 12.0 Å². The fourth-order valence-corrected chi connectivity index (χ4v) is 3.11. The van der Waals surface area contributed by atoms with Crippen LogP contribution in [0.1, 0.15) is 31.2 Å². The summed E-state index contributed by atoms with van der Waals surface area (Å²) in [7, 11) is -3.69. The van der Waals surface area contributed by atoms with E-state index < -0.39 is 16.1 Å². The highest BCUT2D eigenvalue weighted by Gasteiger charge is 2.22. The van der Waals surface area contributed by atoms with Gasteiger partial charge in [-0.1, -0.05) is 17.7 Å². The molecule has 2 rings (SSSR count). The minimum absolute atomic E-state index is 0.156. The van der Waals surface area contributed by atoms with Gasteiger partial charge in [-0.3, -0.25) is 0 Å². The number of nitrogens with one attached hydrogen (secondary N) is 1. The Morgan fingerprint density at radius 1 is 1.36 bits per heavy atom. The summed E-state index contributed by atoms with van der Waals surface area (Å²) in [4.78, 5) is 13.1. The van der Waals surface area contributed by atoms with E-state index in [1.165, 1.54) is 12.1 Å². The summed E-state index contributed by atoms with van der Waals surface area (Å²) in [5.74, 6) is 0. The first-order chi connectivity index (χ1) is 10.4. The molecule has 0 bridgehead atoms. The molecule has 22 heavy (non-hydrogen) atoms. The monoisotopic (exact) mass is 325 g/mol. The Labute approximate surface area is 129 Å². The number of carbonyl (C=O) groups is 1. The summed E-state index contributed by atoms with van der Waals surface area (Å²) in [5.41, 5.74) is 6.61. The second-order valence-electron chi connectivity index (χ2n) is 5.24. The molecule has 7 nitrogen and oxygen atoms in total.